The summed E-state index contributed by atoms with van der Waals surface area (Å²) in [5.41, 5.74) is 0.393. The van der Waals surface area contributed by atoms with E-state index in [2.05, 4.69) is 10.2 Å². The lowest BCUT2D eigenvalue weighted by molar-refractivity contribution is -0.395. The zero-order chi connectivity index (χ0) is 21.0. The summed E-state index contributed by atoms with van der Waals surface area (Å²) in [5, 5.41) is 25.0. The van der Waals surface area contributed by atoms with Crippen molar-refractivity contribution < 1.29 is 19.4 Å². The van der Waals surface area contributed by atoms with Crippen LogP contribution in [0.2, 0.25) is 0 Å². The second-order valence-electron chi connectivity index (χ2n) is 6.69. The smallest absolute Gasteiger partial charge is 0.279 e. The third kappa shape index (κ3) is 4.92. The molecule has 0 spiro atoms. The molecule has 0 unspecified atom stereocenters. The van der Waals surface area contributed by atoms with Crippen LogP contribution in [0.25, 0.3) is 0 Å². The van der Waals surface area contributed by atoms with Crippen LogP contribution in [-0.2, 0) is 11.3 Å². The number of nitrogens with zero attached hydrogens (tertiary/aromatic N) is 3. The maximum atomic E-state index is 12.5. The number of carbonyl (C=O) groups excluding carboxylic acids is 1. The summed E-state index contributed by atoms with van der Waals surface area (Å²) in [5.74, 6) is -0.655. The Morgan fingerprint density at radius 1 is 1.07 bits per heavy atom. The number of amides is 1. The summed E-state index contributed by atoms with van der Waals surface area (Å²) in [7, 11) is 0. The first-order chi connectivity index (χ1) is 13.8. The Labute approximate surface area is 166 Å². The maximum absolute atomic E-state index is 12.5. The number of rotatable bonds is 6. The van der Waals surface area contributed by atoms with E-state index in [9.17, 15) is 25.0 Å². The zero-order valence-corrected chi connectivity index (χ0v) is 15.8. The first-order valence-electron chi connectivity index (χ1n) is 8.99. The number of nitro benzene ring substituents is 2. The van der Waals surface area contributed by atoms with Gasteiger partial charge in [-0.05, 0) is 24.6 Å². The molecule has 0 bridgehead atoms. The van der Waals surface area contributed by atoms with Gasteiger partial charge in [0.2, 0.25) is 0 Å². The number of nitro groups is 2. The highest BCUT2D eigenvalue weighted by Crippen LogP contribution is 2.29. The number of benzene rings is 2. The normalized spacial score (nSPS) is 14.4. The van der Waals surface area contributed by atoms with Gasteiger partial charge in [-0.3, -0.25) is 29.9 Å². The molecule has 0 saturated carbocycles. The zero-order valence-electron chi connectivity index (χ0n) is 15.8. The maximum Gasteiger partial charge on any atom is 0.279 e. The molecule has 1 aliphatic heterocycles. The molecule has 152 valence electrons. The van der Waals surface area contributed by atoms with Crippen LogP contribution in [0.15, 0.2) is 36.4 Å². The molecular formula is C19H20N4O6. The predicted octanol–water partition coefficient (Wildman–Crippen LogP) is 2.90. The van der Waals surface area contributed by atoms with Gasteiger partial charge in [0.1, 0.15) is 5.56 Å². The third-order valence-corrected chi connectivity index (χ3v) is 4.73. The van der Waals surface area contributed by atoms with Crippen molar-refractivity contribution in [1.29, 1.82) is 0 Å². The van der Waals surface area contributed by atoms with Gasteiger partial charge in [-0.15, -0.1) is 0 Å². The molecular weight excluding hydrogens is 380 g/mol. The monoisotopic (exact) mass is 400 g/mol. The molecule has 1 aliphatic rings. The molecule has 3 rings (SSSR count). The average molecular weight is 400 g/mol. The van der Waals surface area contributed by atoms with E-state index in [0.717, 1.165) is 37.3 Å². The van der Waals surface area contributed by atoms with Gasteiger partial charge in [0.05, 0.1) is 28.6 Å². The molecule has 10 heteroatoms. The number of anilines is 1. The van der Waals surface area contributed by atoms with Crippen molar-refractivity contribution in [2.45, 2.75) is 13.5 Å². The fourth-order valence-corrected chi connectivity index (χ4v) is 3.11. The Balaban J connectivity index is 1.74. The second kappa shape index (κ2) is 8.76. The molecule has 1 N–H and O–H groups in total. The molecule has 29 heavy (non-hydrogen) atoms. The fourth-order valence-electron chi connectivity index (χ4n) is 3.11. The van der Waals surface area contributed by atoms with Crippen molar-refractivity contribution in [3.63, 3.8) is 0 Å². The lowest BCUT2D eigenvalue weighted by Crippen LogP contribution is -2.35. The van der Waals surface area contributed by atoms with Crippen molar-refractivity contribution in [2.75, 3.05) is 31.6 Å². The van der Waals surface area contributed by atoms with Gasteiger partial charge < -0.3 is 10.1 Å². The van der Waals surface area contributed by atoms with E-state index >= 15 is 0 Å². The lowest BCUT2D eigenvalue weighted by Gasteiger charge is -2.26. The minimum Gasteiger partial charge on any atom is -0.379 e. The Morgan fingerprint density at radius 3 is 2.14 bits per heavy atom. The third-order valence-electron chi connectivity index (χ3n) is 4.73. The minimum atomic E-state index is -0.737. The number of morpholine rings is 1. The number of carbonyl (C=O) groups is 1. The van der Waals surface area contributed by atoms with Crippen LogP contribution in [0, 0.1) is 27.2 Å². The molecule has 1 fully saturated rings. The van der Waals surface area contributed by atoms with E-state index in [1.165, 1.54) is 6.92 Å². The van der Waals surface area contributed by atoms with Crippen LogP contribution in [0.3, 0.4) is 0 Å². The Bertz CT molecular complexity index is 903. The van der Waals surface area contributed by atoms with Crippen molar-refractivity contribution in [3.05, 3.63) is 73.3 Å². The minimum absolute atomic E-state index is 0.0935. The van der Waals surface area contributed by atoms with Crippen molar-refractivity contribution in [1.82, 2.24) is 4.90 Å². The first-order valence-corrected chi connectivity index (χ1v) is 8.99. The van der Waals surface area contributed by atoms with Crippen LogP contribution in [-0.4, -0.2) is 47.0 Å². The van der Waals surface area contributed by atoms with Crippen LogP contribution >= 0.6 is 0 Å². The van der Waals surface area contributed by atoms with Crippen LogP contribution in [0.1, 0.15) is 21.5 Å². The predicted molar refractivity (Wildman–Crippen MR) is 105 cm³/mol. The van der Waals surface area contributed by atoms with Crippen molar-refractivity contribution in [2.24, 2.45) is 0 Å². The van der Waals surface area contributed by atoms with Crippen LogP contribution in [0.5, 0.6) is 0 Å². The summed E-state index contributed by atoms with van der Waals surface area (Å²) < 4.78 is 5.32. The van der Waals surface area contributed by atoms with Gasteiger partial charge in [0.15, 0.2) is 0 Å². The van der Waals surface area contributed by atoms with Crippen LogP contribution < -0.4 is 5.32 Å². The summed E-state index contributed by atoms with van der Waals surface area (Å²) in [6, 6.07) is 9.31. The molecule has 2 aromatic rings. The Morgan fingerprint density at radius 2 is 1.62 bits per heavy atom. The summed E-state index contributed by atoms with van der Waals surface area (Å²) in [4.78, 5) is 35.6. The molecule has 1 saturated heterocycles. The second-order valence-corrected chi connectivity index (χ2v) is 6.69. The first kappa shape index (κ1) is 20.4. The quantitative estimate of drug-likeness (QED) is 0.583. The van der Waals surface area contributed by atoms with Gasteiger partial charge >= 0.3 is 0 Å². The SMILES string of the molecule is Cc1c([N+](=O)[O-])cc(C(=O)Nc2ccc(CN3CCOCC3)cc2)cc1[N+](=O)[O-]. The van der Waals surface area contributed by atoms with Crippen LogP contribution in [0.4, 0.5) is 17.1 Å². The molecule has 0 radical (unpaired) electrons. The molecule has 2 aromatic carbocycles. The number of ether oxygens (including phenoxy) is 1. The number of hydrogen-bond acceptors (Lipinski definition) is 7. The highest BCUT2D eigenvalue weighted by molar-refractivity contribution is 6.05. The van der Waals surface area contributed by atoms with Gasteiger partial charge in [0, 0.05) is 37.5 Å². The highest BCUT2D eigenvalue weighted by atomic mass is 16.6. The van der Waals surface area contributed by atoms with Gasteiger partial charge in [-0.2, -0.15) is 0 Å². The van der Waals surface area contributed by atoms with Gasteiger partial charge in [0.25, 0.3) is 17.3 Å². The number of hydrogen-bond donors (Lipinski definition) is 1. The van der Waals surface area contributed by atoms with Crippen molar-refractivity contribution in [3.8, 4) is 0 Å². The Kier molecular flexibility index (Phi) is 6.15. The standard InChI is InChI=1S/C19H20N4O6/c1-13-17(22(25)26)10-15(11-18(13)23(27)28)19(24)20-16-4-2-14(3-5-16)12-21-6-8-29-9-7-21/h2-5,10-11H,6-9,12H2,1H3,(H,20,24). The van der Waals surface area contributed by atoms with Crippen molar-refractivity contribution >= 4 is 23.0 Å². The molecule has 0 atom stereocenters. The number of nitrogens with one attached hydrogen (secondary N) is 1. The van der Waals surface area contributed by atoms with E-state index in [1.807, 2.05) is 12.1 Å². The highest BCUT2D eigenvalue weighted by Gasteiger charge is 2.25. The lowest BCUT2D eigenvalue weighted by atomic mass is 10.1. The van der Waals surface area contributed by atoms with E-state index in [-0.39, 0.29) is 11.1 Å². The molecule has 0 aromatic heterocycles. The van der Waals surface area contributed by atoms with E-state index in [4.69, 9.17) is 4.74 Å². The Hall–Kier alpha value is -3.37. The molecule has 1 amide bonds. The van der Waals surface area contributed by atoms with E-state index < -0.39 is 27.1 Å². The summed E-state index contributed by atoms with van der Waals surface area (Å²) in [6.07, 6.45) is 0. The molecule has 1 heterocycles. The average Bonchev–Trinajstić information content (AvgIpc) is 2.70. The molecule has 10 nitrogen and oxygen atoms in total. The topological polar surface area (TPSA) is 128 Å². The molecule has 0 aliphatic carbocycles. The largest absolute Gasteiger partial charge is 0.379 e. The van der Waals surface area contributed by atoms with Gasteiger partial charge in [-0.25, -0.2) is 0 Å². The summed E-state index contributed by atoms with van der Waals surface area (Å²) >= 11 is 0. The fraction of sp³-hybridized carbons (Fsp3) is 0.316. The van der Waals surface area contributed by atoms with Gasteiger partial charge in [-0.1, -0.05) is 12.1 Å². The van der Waals surface area contributed by atoms with E-state index in [0.29, 0.717) is 18.9 Å². The summed E-state index contributed by atoms with van der Waals surface area (Å²) in [6.45, 7) is 5.21. The van der Waals surface area contributed by atoms with E-state index in [1.54, 1.807) is 12.1 Å².